The van der Waals surface area contributed by atoms with Gasteiger partial charge in [0.25, 0.3) is 0 Å². The summed E-state index contributed by atoms with van der Waals surface area (Å²) >= 11 is 0. The molecule has 1 N–H and O–H groups in total. The van der Waals surface area contributed by atoms with Gasteiger partial charge in [-0.1, -0.05) is 48.5 Å². The van der Waals surface area contributed by atoms with Gasteiger partial charge in [0.1, 0.15) is 5.78 Å². The zero-order valence-corrected chi connectivity index (χ0v) is 23.6. The molecule has 0 heterocycles. The maximum absolute atomic E-state index is 14.4. The number of esters is 1. The van der Waals surface area contributed by atoms with Crippen LogP contribution in [0.2, 0.25) is 0 Å². The van der Waals surface area contributed by atoms with Crippen molar-refractivity contribution >= 4 is 11.8 Å². The average molecular weight is 487 g/mol. The largest absolute Gasteiger partial charge is 0.469 e. The number of aliphatic hydroxyl groups is 1. The van der Waals surface area contributed by atoms with Crippen LogP contribution in [0.4, 0.5) is 0 Å². The van der Waals surface area contributed by atoms with Crippen molar-refractivity contribution in [3.05, 3.63) is 0 Å². The average Bonchev–Trinajstić information content (AvgIpc) is 2.80. The van der Waals surface area contributed by atoms with Gasteiger partial charge in [0.05, 0.1) is 18.6 Å². The van der Waals surface area contributed by atoms with Gasteiger partial charge in [0.15, 0.2) is 0 Å². The quantitative estimate of drug-likeness (QED) is 0.433. The van der Waals surface area contributed by atoms with Gasteiger partial charge in [0, 0.05) is 12.3 Å². The fourth-order valence-electron chi connectivity index (χ4n) is 11.5. The first-order valence-corrected chi connectivity index (χ1v) is 14.5. The molecule has 5 aliphatic rings. The lowest BCUT2D eigenvalue weighted by molar-refractivity contribution is -0.249. The first kappa shape index (κ1) is 25.7. The Morgan fingerprint density at radius 2 is 1.57 bits per heavy atom. The van der Waals surface area contributed by atoms with Gasteiger partial charge in [-0.3, -0.25) is 9.59 Å². The number of rotatable bonds is 1. The minimum atomic E-state index is -0.498. The Kier molecular flexibility index (Phi) is 5.74. The summed E-state index contributed by atoms with van der Waals surface area (Å²) in [7, 11) is 1.53. The van der Waals surface area contributed by atoms with E-state index < -0.39 is 5.41 Å². The van der Waals surface area contributed by atoms with E-state index in [0.717, 1.165) is 51.4 Å². The molecule has 0 aromatic carbocycles. The summed E-state index contributed by atoms with van der Waals surface area (Å²) in [4.78, 5) is 27.8. The summed E-state index contributed by atoms with van der Waals surface area (Å²) < 4.78 is 5.46. The molecule has 0 amide bonds. The van der Waals surface area contributed by atoms with Crippen molar-refractivity contribution in [2.45, 2.75) is 112 Å². The molecule has 198 valence electrons. The highest BCUT2D eigenvalue weighted by Crippen LogP contribution is 2.76. The number of carbonyl (C=O) groups excluding carboxylic acids is 2. The number of ketones is 1. The van der Waals surface area contributed by atoms with Crippen LogP contribution >= 0.6 is 0 Å². The van der Waals surface area contributed by atoms with Gasteiger partial charge < -0.3 is 9.84 Å². The molecule has 0 saturated heterocycles. The van der Waals surface area contributed by atoms with E-state index in [1.54, 1.807) is 0 Å². The Morgan fingerprint density at radius 1 is 0.886 bits per heavy atom. The number of carbonyl (C=O) groups is 2. The molecule has 0 radical (unpaired) electrons. The van der Waals surface area contributed by atoms with Crippen LogP contribution in [0, 0.1) is 62.6 Å². The van der Waals surface area contributed by atoms with Gasteiger partial charge >= 0.3 is 5.97 Å². The van der Waals surface area contributed by atoms with E-state index in [0.29, 0.717) is 35.9 Å². The maximum Gasteiger partial charge on any atom is 0.312 e. The Hall–Kier alpha value is -0.900. The predicted molar refractivity (Wildman–Crippen MR) is 137 cm³/mol. The Bertz CT molecular complexity index is 910. The maximum atomic E-state index is 14.4. The summed E-state index contributed by atoms with van der Waals surface area (Å²) in [5.41, 5.74) is -0.578. The molecule has 5 fully saturated rings. The molecule has 35 heavy (non-hydrogen) atoms. The van der Waals surface area contributed by atoms with E-state index in [1.165, 1.54) is 7.11 Å². The zero-order chi connectivity index (χ0) is 25.8. The molecule has 4 nitrogen and oxygen atoms in total. The Balaban J connectivity index is 1.61. The number of hydrogen-bond donors (Lipinski definition) is 1. The molecule has 5 rings (SSSR count). The molecular weight excluding hydrogens is 436 g/mol. The molecule has 0 unspecified atom stereocenters. The Labute approximate surface area is 213 Å². The van der Waals surface area contributed by atoms with Crippen LogP contribution in [0.15, 0.2) is 0 Å². The fourth-order valence-corrected chi connectivity index (χ4v) is 11.5. The lowest BCUT2D eigenvalue weighted by Gasteiger charge is -2.73. The molecule has 0 bridgehead atoms. The second kappa shape index (κ2) is 7.81. The Morgan fingerprint density at radius 3 is 2.23 bits per heavy atom. The minimum absolute atomic E-state index is 0.0586. The number of aliphatic hydroxyl groups excluding tert-OH is 1. The summed E-state index contributed by atoms with van der Waals surface area (Å²) in [5, 5.41) is 10.9. The summed E-state index contributed by atoms with van der Waals surface area (Å²) in [6.45, 7) is 16.5. The molecule has 0 aromatic heterocycles. The number of ether oxygens (including phenoxy) is 1. The number of hydrogen-bond acceptors (Lipinski definition) is 4. The van der Waals surface area contributed by atoms with Crippen LogP contribution in [0.1, 0.15) is 106 Å². The number of methoxy groups -OCH3 is 1. The van der Waals surface area contributed by atoms with E-state index in [-0.39, 0.29) is 45.6 Å². The van der Waals surface area contributed by atoms with Gasteiger partial charge in [-0.25, -0.2) is 0 Å². The lowest BCUT2D eigenvalue weighted by atomic mass is 9.31. The monoisotopic (exact) mass is 486 g/mol. The van der Waals surface area contributed by atoms with Crippen LogP contribution < -0.4 is 0 Å². The van der Waals surface area contributed by atoms with Crippen LogP contribution in [0.25, 0.3) is 0 Å². The van der Waals surface area contributed by atoms with Crippen LogP contribution in [-0.2, 0) is 14.3 Å². The van der Waals surface area contributed by atoms with Crippen LogP contribution in [0.3, 0.4) is 0 Å². The molecule has 4 heteroatoms. The van der Waals surface area contributed by atoms with E-state index in [2.05, 4.69) is 48.5 Å². The smallest absolute Gasteiger partial charge is 0.312 e. The van der Waals surface area contributed by atoms with Crippen LogP contribution in [-0.4, -0.2) is 30.1 Å². The standard InChI is InChI=1S/C31H50O4/c1-18-9-14-31(26(34)35-8)16-15-30(7)25(24(31)19(18)2)20(32)17-22-28(5)12-11-23(33)27(3,4)21(28)10-13-29(22,30)6/h18-19,21-25,33H,9-17H2,1-8H3/t18-,19+,21+,22-,23+,24+,25+,28+,29-,30-,31+/m1/s1. The third-order valence-corrected chi connectivity index (χ3v) is 14.0. The second-order valence-corrected chi connectivity index (χ2v) is 15.1. The first-order chi connectivity index (χ1) is 16.2. The fraction of sp³-hybridized carbons (Fsp3) is 0.935. The molecule has 0 aromatic rings. The second-order valence-electron chi connectivity index (χ2n) is 15.1. The van der Waals surface area contributed by atoms with Gasteiger partial charge in [0.2, 0.25) is 0 Å². The van der Waals surface area contributed by atoms with Crippen molar-refractivity contribution in [1.29, 1.82) is 0 Å². The number of fused-ring (bicyclic) bond motifs is 7. The van der Waals surface area contributed by atoms with E-state index in [4.69, 9.17) is 4.74 Å². The molecule has 5 saturated carbocycles. The molecule has 0 aliphatic heterocycles. The third-order valence-electron chi connectivity index (χ3n) is 14.0. The van der Waals surface area contributed by atoms with E-state index in [9.17, 15) is 14.7 Å². The van der Waals surface area contributed by atoms with Gasteiger partial charge in [-0.2, -0.15) is 0 Å². The van der Waals surface area contributed by atoms with Crippen molar-refractivity contribution in [1.82, 2.24) is 0 Å². The van der Waals surface area contributed by atoms with Crippen molar-refractivity contribution in [2.75, 3.05) is 7.11 Å². The van der Waals surface area contributed by atoms with Gasteiger partial charge in [-0.05, 0) is 103 Å². The zero-order valence-electron chi connectivity index (χ0n) is 23.6. The lowest BCUT2D eigenvalue weighted by Crippen LogP contribution is -2.70. The van der Waals surface area contributed by atoms with Crippen molar-refractivity contribution in [3.63, 3.8) is 0 Å². The van der Waals surface area contributed by atoms with Gasteiger partial charge in [-0.15, -0.1) is 0 Å². The summed E-state index contributed by atoms with van der Waals surface area (Å²) in [6, 6.07) is 0. The van der Waals surface area contributed by atoms with Crippen molar-refractivity contribution in [2.24, 2.45) is 62.6 Å². The third kappa shape index (κ3) is 3.01. The number of Topliss-reactive ketones (excluding diaryl/α,β-unsaturated/α-hetero) is 1. The van der Waals surface area contributed by atoms with Crippen LogP contribution in [0.5, 0.6) is 0 Å². The first-order valence-electron chi connectivity index (χ1n) is 14.5. The summed E-state index contributed by atoms with van der Waals surface area (Å²) in [5.74, 6) is 2.02. The SMILES string of the molecule is COC(=O)[C@]12CC[C@@H](C)[C@H](C)[C@H]1[C@@H]1C(=O)C[C@@H]3[C@@]4(C)CC[C@H](O)C(C)(C)[C@@H]4CC[C@@]3(C)[C@]1(C)CC2. The van der Waals surface area contributed by atoms with Crippen molar-refractivity contribution < 1.29 is 19.4 Å². The normalized spacial score (nSPS) is 55.1. The highest BCUT2D eigenvalue weighted by atomic mass is 16.5. The van der Waals surface area contributed by atoms with E-state index in [1.807, 2.05) is 0 Å². The summed E-state index contributed by atoms with van der Waals surface area (Å²) in [6.07, 6.45) is 8.19. The highest BCUT2D eigenvalue weighted by molar-refractivity contribution is 5.87. The minimum Gasteiger partial charge on any atom is -0.469 e. The van der Waals surface area contributed by atoms with E-state index >= 15 is 0 Å². The van der Waals surface area contributed by atoms with Crippen molar-refractivity contribution in [3.8, 4) is 0 Å². The molecule has 5 aliphatic carbocycles. The highest BCUT2D eigenvalue weighted by Gasteiger charge is 2.73. The predicted octanol–water partition coefficient (Wildman–Crippen LogP) is 6.44. The molecule has 11 atom stereocenters. The molecule has 0 spiro atoms. The topological polar surface area (TPSA) is 63.6 Å². The molecular formula is C31H50O4.